The predicted octanol–water partition coefficient (Wildman–Crippen LogP) is 2.88. The van der Waals surface area contributed by atoms with Crippen molar-refractivity contribution < 1.29 is 4.92 Å². The lowest BCUT2D eigenvalue weighted by atomic mass is 10.1. The summed E-state index contributed by atoms with van der Waals surface area (Å²) in [4.78, 5) is 10.4. The second-order valence-electron chi connectivity index (χ2n) is 4.04. The van der Waals surface area contributed by atoms with Crippen LogP contribution in [0.15, 0.2) is 18.2 Å². The van der Waals surface area contributed by atoms with Crippen molar-refractivity contribution in [1.82, 2.24) is 0 Å². The number of nitriles is 1. The van der Waals surface area contributed by atoms with Gasteiger partial charge in [-0.25, -0.2) is 0 Å². The van der Waals surface area contributed by atoms with E-state index in [1.54, 1.807) is 23.9 Å². The van der Waals surface area contributed by atoms with Gasteiger partial charge in [0.25, 0.3) is 5.69 Å². The summed E-state index contributed by atoms with van der Waals surface area (Å²) in [5.41, 5.74) is 0.710. The van der Waals surface area contributed by atoms with E-state index in [9.17, 15) is 10.1 Å². The van der Waals surface area contributed by atoms with Gasteiger partial charge in [0.2, 0.25) is 0 Å². The molecule has 0 aromatic heterocycles. The van der Waals surface area contributed by atoms with Crippen molar-refractivity contribution in [2.75, 3.05) is 23.9 Å². The van der Waals surface area contributed by atoms with E-state index in [0.717, 1.165) is 5.75 Å². The van der Waals surface area contributed by atoms with Crippen LogP contribution in [0.25, 0.3) is 0 Å². The lowest BCUT2D eigenvalue weighted by Crippen LogP contribution is -2.14. The van der Waals surface area contributed by atoms with Crippen LogP contribution in [0.3, 0.4) is 0 Å². The standard InChI is InChI=1S/C12H15N3O2S/c1-9(8-18-2)7-14-11-4-3-10(6-13)5-12(11)15(16)17/h3-5,9,14H,7-8H2,1-2H3. The molecule has 0 heterocycles. The molecule has 0 aliphatic heterocycles. The van der Waals surface area contributed by atoms with Gasteiger partial charge in [0.1, 0.15) is 5.69 Å². The highest BCUT2D eigenvalue weighted by atomic mass is 32.2. The van der Waals surface area contributed by atoms with Crippen molar-refractivity contribution in [3.8, 4) is 6.07 Å². The van der Waals surface area contributed by atoms with Gasteiger partial charge < -0.3 is 5.32 Å². The highest BCUT2D eigenvalue weighted by molar-refractivity contribution is 7.98. The molecule has 0 aliphatic rings. The molecule has 1 unspecified atom stereocenters. The lowest BCUT2D eigenvalue weighted by Gasteiger charge is -2.12. The van der Waals surface area contributed by atoms with Crippen LogP contribution in [-0.2, 0) is 0 Å². The van der Waals surface area contributed by atoms with Gasteiger partial charge >= 0.3 is 0 Å². The van der Waals surface area contributed by atoms with Crippen molar-refractivity contribution >= 4 is 23.1 Å². The number of hydrogen-bond donors (Lipinski definition) is 1. The summed E-state index contributed by atoms with van der Waals surface area (Å²) in [5, 5.41) is 22.7. The van der Waals surface area contributed by atoms with E-state index in [1.807, 2.05) is 12.3 Å². The molecular formula is C12H15N3O2S. The topological polar surface area (TPSA) is 79.0 Å². The SMILES string of the molecule is CSCC(C)CNc1ccc(C#N)cc1[N+](=O)[O-]. The molecule has 1 aromatic carbocycles. The van der Waals surface area contributed by atoms with Crippen molar-refractivity contribution in [3.05, 3.63) is 33.9 Å². The van der Waals surface area contributed by atoms with Crippen molar-refractivity contribution in [2.45, 2.75) is 6.92 Å². The zero-order valence-electron chi connectivity index (χ0n) is 10.3. The second kappa shape index (κ2) is 6.87. The minimum Gasteiger partial charge on any atom is -0.379 e. The first-order valence-electron chi connectivity index (χ1n) is 5.49. The first kappa shape index (κ1) is 14.3. The summed E-state index contributed by atoms with van der Waals surface area (Å²) in [6.45, 7) is 2.76. The summed E-state index contributed by atoms with van der Waals surface area (Å²) < 4.78 is 0. The Morgan fingerprint density at radius 3 is 2.89 bits per heavy atom. The van der Waals surface area contributed by atoms with E-state index in [2.05, 4.69) is 12.2 Å². The number of benzene rings is 1. The summed E-state index contributed by atoms with van der Waals surface area (Å²) in [5.74, 6) is 1.42. The molecule has 1 rings (SSSR count). The van der Waals surface area contributed by atoms with Crippen molar-refractivity contribution in [1.29, 1.82) is 5.26 Å². The summed E-state index contributed by atoms with van der Waals surface area (Å²) >= 11 is 1.74. The van der Waals surface area contributed by atoms with E-state index in [-0.39, 0.29) is 5.69 Å². The molecule has 0 aliphatic carbocycles. The maximum Gasteiger partial charge on any atom is 0.293 e. The molecule has 96 valence electrons. The Morgan fingerprint density at radius 2 is 2.33 bits per heavy atom. The van der Waals surface area contributed by atoms with Crippen LogP contribution < -0.4 is 5.32 Å². The quantitative estimate of drug-likeness (QED) is 0.632. The Morgan fingerprint density at radius 1 is 1.61 bits per heavy atom. The molecule has 6 heteroatoms. The fourth-order valence-electron chi connectivity index (χ4n) is 1.53. The number of nitrogens with one attached hydrogen (secondary N) is 1. The predicted molar refractivity (Wildman–Crippen MR) is 73.8 cm³/mol. The molecule has 1 atom stereocenters. The molecule has 5 nitrogen and oxygen atoms in total. The minimum absolute atomic E-state index is 0.0506. The number of nitro benzene ring substituents is 1. The third-order valence-corrected chi connectivity index (χ3v) is 3.32. The van der Waals surface area contributed by atoms with Crippen LogP contribution in [-0.4, -0.2) is 23.5 Å². The Labute approximate surface area is 110 Å². The average molecular weight is 265 g/mol. The first-order chi connectivity index (χ1) is 8.58. The smallest absolute Gasteiger partial charge is 0.293 e. The molecular weight excluding hydrogens is 250 g/mol. The van der Waals surface area contributed by atoms with Gasteiger partial charge in [0.15, 0.2) is 0 Å². The van der Waals surface area contributed by atoms with Crippen LogP contribution in [0.2, 0.25) is 0 Å². The van der Waals surface area contributed by atoms with Gasteiger partial charge in [-0.05, 0) is 30.1 Å². The molecule has 0 radical (unpaired) electrons. The van der Waals surface area contributed by atoms with Crippen LogP contribution in [0.4, 0.5) is 11.4 Å². The Bertz CT molecular complexity index is 471. The Kier molecular flexibility index (Phi) is 5.46. The molecule has 0 fully saturated rings. The maximum atomic E-state index is 10.9. The monoisotopic (exact) mass is 265 g/mol. The number of rotatable bonds is 6. The Balaban J connectivity index is 2.82. The summed E-state index contributed by atoms with van der Waals surface area (Å²) in [6, 6.07) is 6.36. The molecule has 1 aromatic rings. The number of anilines is 1. The largest absolute Gasteiger partial charge is 0.379 e. The molecule has 0 spiro atoms. The van der Waals surface area contributed by atoms with Gasteiger partial charge in [-0.1, -0.05) is 6.92 Å². The second-order valence-corrected chi connectivity index (χ2v) is 4.95. The van der Waals surface area contributed by atoms with E-state index in [1.165, 1.54) is 6.07 Å². The normalized spacial score (nSPS) is 11.6. The molecule has 18 heavy (non-hydrogen) atoms. The molecule has 0 saturated carbocycles. The highest BCUT2D eigenvalue weighted by Crippen LogP contribution is 2.25. The molecule has 0 amide bonds. The molecule has 0 saturated heterocycles. The van der Waals surface area contributed by atoms with Crippen LogP contribution in [0, 0.1) is 27.4 Å². The van der Waals surface area contributed by atoms with Crippen molar-refractivity contribution in [2.24, 2.45) is 5.92 Å². The van der Waals surface area contributed by atoms with Crippen LogP contribution >= 0.6 is 11.8 Å². The molecule has 1 N–H and O–H groups in total. The van der Waals surface area contributed by atoms with Gasteiger partial charge in [-0.3, -0.25) is 10.1 Å². The van der Waals surface area contributed by atoms with Crippen LogP contribution in [0.5, 0.6) is 0 Å². The number of nitrogens with zero attached hydrogens (tertiary/aromatic N) is 2. The molecule has 0 bridgehead atoms. The minimum atomic E-state index is -0.470. The van der Waals surface area contributed by atoms with Crippen LogP contribution in [0.1, 0.15) is 12.5 Å². The summed E-state index contributed by atoms with van der Waals surface area (Å²) in [6.07, 6.45) is 2.03. The van der Waals surface area contributed by atoms with E-state index in [0.29, 0.717) is 23.7 Å². The summed E-state index contributed by atoms with van der Waals surface area (Å²) in [7, 11) is 0. The highest BCUT2D eigenvalue weighted by Gasteiger charge is 2.15. The van der Waals surface area contributed by atoms with Gasteiger partial charge in [-0.15, -0.1) is 0 Å². The van der Waals surface area contributed by atoms with Gasteiger partial charge in [0, 0.05) is 12.6 Å². The lowest BCUT2D eigenvalue weighted by molar-refractivity contribution is -0.384. The number of hydrogen-bond acceptors (Lipinski definition) is 5. The third kappa shape index (κ3) is 3.93. The van der Waals surface area contributed by atoms with E-state index < -0.39 is 4.92 Å². The Hall–Kier alpha value is -1.74. The fraction of sp³-hybridized carbons (Fsp3) is 0.417. The van der Waals surface area contributed by atoms with Gasteiger partial charge in [0.05, 0.1) is 16.6 Å². The zero-order valence-corrected chi connectivity index (χ0v) is 11.2. The fourth-order valence-corrected chi connectivity index (χ4v) is 2.22. The van der Waals surface area contributed by atoms with Crippen molar-refractivity contribution in [3.63, 3.8) is 0 Å². The van der Waals surface area contributed by atoms with Gasteiger partial charge in [-0.2, -0.15) is 17.0 Å². The first-order valence-corrected chi connectivity index (χ1v) is 6.89. The van der Waals surface area contributed by atoms with E-state index >= 15 is 0 Å². The zero-order chi connectivity index (χ0) is 13.5. The van der Waals surface area contributed by atoms with E-state index in [4.69, 9.17) is 5.26 Å². The maximum absolute atomic E-state index is 10.9. The third-order valence-electron chi connectivity index (χ3n) is 2.42. The number of thioether (sulfide) groups is 1. The number of nitro groups is 1. The average Bonchev–Trinajstić information content (AvgIpc) is 2.36.